The van der Waals surface area contributed by atoms with Crippen LogP contribution in [0.2, 0.25) is 0 Å². The minimum atomic E-state index is -3.56. The van der Waals surface area contributed by atoms with E-state index in [0.29, 0.717) is 4.38 Å². The molecule has 1 N–H and O–H groups in total. The molecule has 0 heterocycles. The Labute approximate surface area is 110 Å². The van der Waals surface area contributed by atoms with Crippen LogP contribution in [0.25, 0.3) is 0 Å². The predicted molar refractivity (Wildman–Crippen MR) is 76.0 cm³/mol. The first-order valence-electron chi connectivity index (χ1n) is 4.73. The Bertz CT molecular complexity index is 489. The second kappa shape index (κ2) is 6.32. The summed E-state index contributed by atoms with van der Waals surface area (Å²) in [6.07, 6.45) is 3.69. The number of hydrazone groups is 1. The van der Waals surface area contributed by atoms with Crippen molar-refractivity contribution in [3.63, 3.8) is 0 Å². The van der Waals surface area contributed by atoms with Gasteiger partial charge in [-0.15, -0.1) is 23.5 Å². The number of hydrogen-bond acceptors (Lipinski definition) is 5. The van der Waals surface area contributed by atoms with E-state index in [1.54, 1.807) is 24.3 Å². The maximum absolute atomic E-state index is 11.8. The Morgan fingerprint density at radius 2 is 1.71 bits per heavy atom. The van der Waals surface area contributed by atoms with E-state index in [1.807, 2.05) is 19.4 Å². The fraction of sp³-hybridized carbons (Fsp3) is 0.300. The molecule has 94 valence electrons. The van der Waals surface area contributed by atoms with Gasteiger partial charge in [-0.25, -0.2) is 0 Å². The smallest absolute Gasteiger partial charge is 0.200 e. The zero-order valence-electron chi connectivity index (χ0n) is 9.80. The summed E-state index contributed by atoms with van der Waals surface area (Å²) >= 11 is 2.79. The maximum Gasteiger partial charge on any atom is 0.276 e. The summed E-state index contributed by atoms with van der Waals surface area (Å²) < 4.78 is 24.4. The van der Waals surface area contributed by atoms with Crippen LogP contribution in [-0.2, 0) is 10.0 Å². The molecule has 1 aromatic carbocycles. The topological polar surface area (TPSA) is 58.5 Å². The highest BCUT2D eigenvalue weighted by atomic mass is 32.2. The number of aryl methyl sites for hydroxylation is 1. The molecule has 17 heavy (non-hydrogen) atoms. The highest BCUT2D eigenvalue weighted by molar-refractivity contribution is 8.38. The number of hydrogen-bond donors (Lipinski definition) is 1. The zero-order valence-corrected chi connectivity index (χ0v) is 12.2. The second-order valence-electron chi connectivity index (χ2n) is 3.19. The first-order valence-corrected chi connectivity index (χ1v) is 8.67. The molecular weight excluding hydrogens is 276 g/mol. The quantitative estimate of drug-likeness (QED) is 0.527. The van der Waals surface area contributed by atoms with Gasteiger partial charge >= 0.3 is 0 Å². The highest BCUT2D eigenvalue weighted by Gasteiger charge is 2.12. The first kappa shape index (κ1) is 14.4. The molecule has 7 heteroatoms. The molecule has 0 saturated carbocycles. The zero-order chi connectivity index (χ0) is 12.9. The fourth-order valence-electron chi connectivity index (χ4n) is 1.04. The van der Waals surface area contributed by atoms with E-state index in [2.05, 4.69) is 9.93 Å². The number of benzene rings is 1. The summed E-state index contributed by atoms with van der Waals surface area (Å²) in [4.78, 5) is 2.43. The monoisotopic (exact) mass is 290 g/mol. The first-order chi connectivity index (χ1) is 7.99. The van der Waals surface area contributed by atoms with Crippen molar-refractivity contribution >= 4 is 37.9 Å². The minimum absolute atomic E-state index is 0.216. The number of sulfonamides is 1. The number of thioether (sulfide) groups is 2. The highest BCUT2D eigenvalue weighted by Crippen LogP contribution is 2.12. The normalized spacial score (nSPS) is 11.0. The Balaban J connectivity index is 2.89. The average molecular weight is 290 g/mol. The molecule has 0 unspecified atom stereocenters. The Hall–Kier alpha value is -0.660. The van der Waals surface area contributed by atoms with Gasteiger partial charge in [0.05, 0.1) is 4.90 Å². The molecule has 0 spiro atoms. The van der Waals surface area contributed by atoms with E-state index >= 15 is 0 Å². The van der Waals surface area contributed by atoms with Gasteiger partial charge in [0.15, 0.2) is 4.38 Å². The van der Waals surface area contributed by atoms with Gasteiger partial charge in [-0.3, -0.25) is 0 Å². The molecule has 0 aromatic heterocycles. The van der Waals surface area contributed by atoms with Gasteiger partial charge < -0.3 is 0 Å². The molecule has 0 aliphatic carbocycles. The van der Waals surface area contributed by atoms with Crippen molar-refractivity contribution in [3.8, 4) is 0 Å². The third-order valence-electron chi connectivity index (χ3n) is 1.94. The lowest BCUT2D eigenvalue weighted by molar-refractivity contribution is 0.584. The number of nitrogens with one attached hydrogen (secondary N) is 1. The van der Waals surface area contributed by atoms with Gasteiger partial charge in [-0.05, 0) is 31.6 Å². The standard InChI is InChI=1S/C10H14N2O2S3/c1-8-4-6-9(7-5-8)17(13,14)12-11-10(15-2)16-3/h4-7,12H,1-3H3. The number of nitrogens with zero attached hydrogens (tertiary/aromatic N) is 1. The Kier molecular flexibility index (Phi) is 5.35. The van der Waals surface area contributed by atoms with E-state index in [9.17, 15) is 8.42 Å². The molecule has 4 nitrogen and oxygen atoms in total. The molecule has 0 aliphatic rings. The fourth-order valence-corrected chi connectivity index (χ4v) is 2.91. The average Bonchev–Trinajstić information content (AvgIpc) is 2.31. The van der Waals surface area contributed by atoms with E-state index in [4.69, 9.17) is 0 Å². The van der Waals surface area contributed by atoms with Crippen molar-refractivity contribution in [2.24, 2.45) is 5.10 Å². The van der Waals surface area contributed by atoms with Crippen molar-refractivity contribution in [2.45, 2.75) is 11.8 Å². The van der Waals surface area contributed by atoms with Gasteiger partial charge in [-0.1, -0.05) is 17.7 Å². The third-order valence-corrected chi connectivity index (χ3v) is 5.04. The summed E-state index contributed by atoms with van der Waals surface area (Å²) in [7, 11) is -3.56. The van der Waals surface area contributed by atoms with Crippen LogP contribution in [0.5, 0.6) is 0 Å². The molecule has 0 radical (unpaired) electrons. The summed E-state index contributed by atoms with van der Waals surface area (Å²) in [5.74, 6) is 0. The Morgan fingerprint density at radius 1 is 1.18 bits per heavy atom. The second-order valence-corrected chi connectivity index (χ2v) is 6.70. The van der Waals surface area contributed by atoms with Gasteiger partial charge in [0.1, 0.15) is 0 Å². The van der Waals surface area contributed by atoms with E-state index in [0.717, 1.165) is 5.56 Å². The van der Waals surface area contributed by atoms with Crippen molar-refractivity contribution in [1.82, 2.24) is 4.83 Å². The van der Waals surface area contributed by atoms with Crippen LogP contribution >= 0.6 is 23.5 Å². The molecule has 1 aromatic rings. The van der Waals surface area contributed by atoms with Crippen molar-refractivity contribution in [1.29, 1.82) is 0 Å². The minimum Gasteiger partial charge on any atom is -0.200 e. The molecule has 0 atom stereocenters. The van der Waals surface area contributed by atoms with Crippen LogP contribution in [0, 0.1) is 6.92 Å². The lowest BCUT2D eigenvalue weighted by atomic mass is 10.2. The van der Waals surface area contributed by atoms with Crippen LogP contribution in [0.15, 0.2) is 34.3 Å². The third kappa shape index (κ3) is 4.25. The summed E-state index contributed by atoms with van der Waals surface area (Å²) in [5, 5.41) is 3.84. The summed E-state index contributed by atoms with van der Waals surface area (Å²) in [5.41, 5.74) is 1.02. The lowest BCUT2D eigenvalue weighted by Crippen LogP contribution is -2.19. The Morgan fingerprint density at radius 3 is 2.18 bits per heavy atom. The van der Waals surface area contributed by atoms with Crippen molar-refractivity contribution < 1.29 is 8.42 Å². The molecular formula is C10H14N2O2S3. The van der Waals surface area contributed by atoms with E-state index in [-0.39, 0.29) is 4.90 Å². The summed E-state index contributed by atoms with van der Waals surface area (Å²) in [6.45, 7) is 1.90. The lowest BCUT2D eigenvalue weighted by Gasteiger charge is -2.05. The van der Waals surface area contributed by atoms with E-state index < -0.39 is 10.0 Å². The molecule has 1 rings (SSSR count). The molecule has 0 bridgehead atoms. The predicted octanol–water partition coefficient (Wildman–Crippen LogP) is 2.27. The molecule has 0 aliphatic heterocycles. The summed E-state index contributed by atoms with van der Waals surface area (Å²) in [6, 6.07) is 6.63. The van der Waals surface area contributed by atoms with Crippen molar-refractivity contribution in [2.75, 3.05) is 12.5 Å². The van der Waals surface area contributed by atoms with Crippen LogP contribution < -0.4 is 4.83 Å². The maximum atomic E-state index is 11.8. The van der Waals surface area contributed by atoms with E-state index in [1.165, 1.54) is 23.5 Å². The van der Waals surface area contributed by atoms with Gasteiger partial charge in [0.2, 0.25) is 0 Å². The molecule has 0 amide bonds. The largest absolute Gasteiger partial charge is 0.276 e. The van der Waals surface area contributed by atoms with Crippen LogP contribution in [0.4, 0.5) is 0 Å². The van der Waals surface area contributed by atoms with Crippen molar-refractivity contribution in [3.05, 3.63) is 29.8 Å². The van der Waals surface area contributed by atoms with Gasteiger partial charge in [0.25, 0.3) is 10.0 Å². The van der Waals surface area contributed by atoms with Gasteiger partial charge in [-0.2, -0.15) is 18.4 Å². The van der Waals surface area contributed by atoms with Gasteiger partial charge in [0, 0.05) is 0 Å². The molecule has 0 fully saturated rings. The van der Waals surface area contributed by atoms with Crippen LogP contribution in [-0.4, -0.2) is 25.3 Å². The van der Waals surface area contributed by atoms with Crippen LogP contribution in [0.1, 0.15) is 5.56 Å². The SMILES string of the molecule is CSC(=NNS(=O)(=O)c1ccc(C)cc1)SC. The van der Waals surface area contributed by atoms with Crippen LogP contribution in [0.3, 0.4) is 0 Å². The number of rotatable bonds is 3. The molecule has 0 saturated heterocycles.